The molecule has 1 aromatic carbocycles. The van der Waals surface area contributed by atoms with E-state index in [0.29, 0.717) is 10.4 Å². The fourth-order valence-corrected chi connectivity index (χ4v) is 2.06. The van der Waals surface area contributed by atoms with Crippen molar-refractivity contribution in [1.29, 1.82) is 0 Å². The third kappa shape index (κ3) is 4.01. The molecular weight excluding hydrogens is 363 g/mol. The Balaban J connectivity index is 2.29. The van der Waals surface area contributed by atoms with Gasteiger partial charge in [0.2, 0.25) is 11.2 Å². The SMILES string of the molecule is CCN(CC)c1nc(Cl)nc(Oc2ccc(Br)c(F)c2)n1. The number of rotatable bonds is 5. The summed E-state index contributed by atoms with van der Waals surface area (Å²) in [6.45, 7) is 5.41. The van der Waals surface area contributed by atoms with Gasteiger partial charge >= 0.3 is 6.01 Å². The minimum absolute atomic E-state index is 0.0265. The van der Waals surface area contributed by atoms with Crippen molar-refractivity contribution in [2.75, 3.05) is 18.0 Å². The summed E-state index contributed by atoms with van der Waals surface area (Å²) in [5, 5.41) is 0.0273. The first-order valence-electron chi connectivity index (χ1n) is 6.33. The number of aromatic nitrogens is 3. The summed E-state index contributed by atoms with van der Waals surface area (Å²) >= 11 is 8.96. The normalized spacial score (nSPS) is 10.5. The number of hydrogen-bond acceptors (Lipinski definition) is 5. The number of nitrogens with zero attached hydrogens (tertiary/aromatic N) is 4. The van der Waals surface area contributed by atoms with Crippen LogP contribution in [0, 0.1) is 5.82 Å². The predicted octanol–water partition coefficient (Wildman–Crippen LogP) is 4.07. The highest BCUT2D eigenvalue weighted by Gasteiger charge is 2.12. The van der Waals surface area contributed by atoms with E-state index in [1.807, 2.05) is 18.7 Å². The van der Waals surface area contributed by atoms with Crippen molar-refractivity contribution < 1.29 is 9.13 Å². The maximum atomic E-state index is 13.5. The molecule has 0 radical (unpaired) electrons. The number of benzene rings is 1. The monoisotopic (exact) mass is 374 g/mol. The molecule has 112 valence electrons. The van der Waals surface area contributed by atoms with E-state index in [4.69, 9.17) is 16.3 Å². The molecular formula is C13H13BrClFN4O. The summed E-state index contributed by atoms with van der Waals surface area (Å²) in [4.78, 5) is 14.0. The smallest absolute Gasteiger partial charge is 0.328 e. The van der Waals surface area contributed by atoms with E-state index < -0.39 is 5.82 Å². The Morgan fingerprint density at radius 1 is 1.24 bits per heavy atom. The molecule has 0 spiro atoms. The Bertz CT molecular complexity index is 640. The molecule has 2 rings (SSSR count). The van der Waals surface area contributed by atoms with Crippen LogP contribution in [0.5, 0.6) is 11.8 Å². The Hall–Kier alpha value is -1.47. The summed E-state index contributed by atoms with van der Waals surface area (Å²) in [7, 11) is 0. The van der Waals surface area contributed by atoms with Crippen molar-refractivity contribution in [3.8, 4) is 11.8 Å². The van der Waals surface area contributed by atoms with E-state index in [2.05, 4.69) is 30.9 Å². The zero-order chi connectivity index (χ0) is 15.4. The first-order valence-corrected chi connectivity index (χ1v) is 7.50. The topological polar surface area (TPSA) is 51.1 Å². The molecule has 5 nitrogen and oxygen atoms in total. The van der Waals surface area contributed by atoms with Crippen LogP contribution in [0.2, 0.25) is 5.28 Å². The predicted molar refractivity (Wildman–Crippen MR) is 82.6 cm³/mol. The molecule has 0 fully saturated rings. The molecule has 0 N–H and O–H groups in total. The molecule has 0 saturated heterocycles. The Morgan fingerprint density at radius 3 is 2.57 bits per heavy atom. The molecule has 1 heterocycles. The zero-order valence-corrected chi connectivity index (χ0v) is 13.8. The molecule has 0 unspecified atom stereocenters. The van der Waals surface area contributed by atoms with Gasteiger partial charge in [-0.05, 0) is 53.5 Å². The highest BCUT2D eigenvalue weighted by Crippen LogP contribution is 2.25. The lowest BCUT2D eigenvalue weighted by Crippen LogP contribution is -2.24. The molecule has 0 aliphatic heterocycles. The van der Waals surface area contributed by atoms with E-state index >= 15 is 0 Å². The van der Waals surface area contributed by atoms with Crippen molar-refractivity contribution in [2.45, 2.75) is 13.8 Å². The van der Waals surface area contributed by atoms with Crippen molar-refractivity contribution in [3.05, 3.63) is 33.8 Å². The Morgan fingerprint density at radius 2 is 1.95 bits per heavy atom. The van der Waals surface area contributed by atoms with Crippen LogP contribution in [-0.4, -0.2) is 28.0 Å². The van der Waals surface area contributed by atoms with Crippen LogP contribution in [0.15, 0.2) is 22.7 Å². The lowest BCUT2D eigenvalue weighted by Gasteiger charge is -2.18. The van der Waals surface area contributed by atoms with Crippen LogP contribution in [0.25, 0.3) is 0 Å². The fraction of sp³-hybridized carbons (Fsp3) is 0.308. The summed E-state index contributed by atoms with van der Waals surface area (Å²) in [6.07, 6.45) is 0. The highest BCUT2D eigenvalue weighted by molar-refractivity contribution is 9.10. The first kappa shape index (κ1) is 15.9. The Labute approximate surface area is 135 Å². The third-order valence-corrected chi connectivity index (χ3v) is 3.53. The van der Waals surface area contributed by atoms with Gasteiger partial charge in [0.05, 0.1) is 4.47 Å². The maximum Gasteiger partial charge on any atom is 0.328 e. The molecule has 0 amide bonds. The number of anilines is 1. The summed E-state index contributed by atoms with van der Waals surface area (Å²) in [5.41, 5.74) is 0. The molecule has 0 aliphatic rings. The molecule has 8 heteroatoms. The van der Waals surface area contributed by atoms with Gasteiger partial charge in [-0.15, -0.1) is 0 Å². The minimum atomic E-state index is -0.434. The summed E-state index contributed by atoms with van der Waals surface area (Å²) < 4.78 is 19.3. The molecule has 0 aliphatic carbocycles. The van der Waals surface area contributed by atoms with Gasteiger partial charge in [-0.25, -0.2) is 4.39 Å². The van der Waals surface area contributed by atoms with Gasteiger partial charge in [0.1, 0.15) is 11.6 Å². The van der Waals surface area contributed by atoms with Gasteiger partial charge in [-0.1, -0.05) is 0 Å². The van der Waals surface area contributed by atoms with Gasteiger partial charge in [-0.2, -0.15) is 15.0 Å². The van der Waals surface area contributed by atoms with E-state index in [1.165, 1.54) is 6.07 Å². The second-order valence-corrected chi connectivity index (χ2v) is 5.23. The van der Waals surface area contributed by atoms with Gasteiger partial charge < -0.3 is 9.64 Å². The van der Waals surface area contributed by atoms with Gasteiger partial charge in [0.15, 0.2) is 0 Å². The number of ether oxygens (including phenoxy) is 1. The summed E-state index contributed by atoms with van der Waals surface area (Å²) in [6, 6.07) is 4.40. The van der Waals surface area contributed by atoms with Gasteiger partial charge in [0, 0.05) is 19.2 Å². The standard InChI is InChI=1S/C13H13BrClFN4O/c1-3-20(4-2)12-17-11(15)18-13(19-12)21-8-5-6-9(14)10(16)7-8/h5-7H,3-4H2,1-2H3. The third-order valence-electron chi connectivity index (χ3n) is 2.72. The largest absolute Gasteiger partial charge is 0.424 e. The van der Waals surface area contributed by atoms with Crippen LogP contribution in [0.3, 0.4) is 0 Å². The van der Waals surface area contributed by atoms with E-state index in [0.717, 1.165) is 13.1 Å². The molecule has 0 atom stereocenters. The number of hydrogen-bond donors (Lipinski definition) is 0. The van der Waals surface area contributed by atoms with E-state index in [1.54, 1.807) is 12.1 Å². The van der Waals surface area contributed by atoms with E-state index in [9.17, 15) is 4.39 Å². The Kier molecular flexibility index (Phi) is 5.30. The molecule has 0 saturated carbocycles. The minimum Gasteiger partial charge on any atom is -0.424 e. The molecule has 2 aromatic rings. The highest BCUT2D eigenvalue weighted by atomic mass is 79.9. The lowest BCUT2D eigenvalue weighted by molar-refractivity contribution is 0.435. The van der Waals surface area contributed by atoms with Crippen molar-refractivity contribution >= 4 is 33.5 Å². The van der Waals surface area contributed by atoms with Crippen LogP contribution >= 0.6 is 27.5 Å². The molecule has 0 bridgehead atoms. The first-order chi connectivity index (χ1) is 10.0. The van der Waals surface area contributed by atoms with Crippen molar-refractivity contribution in [3.63, 3.8) is 0 Å². The van der Waals surface area contributed by atoms with Crippen LogP contribution in [-0.2, 0) is 0 Å². The van der Waals surface area contributed by atoms with E-state index in [-0.39, 0.29) is 17.0 Å². The maximum absolute atomic E-state index is 13.5. The van der Waals surface area contributed by atoms with Gasteiger partial charge in [0.25, 0.3) is 0 Å². The second-order valence-electron chi connectivity index (χ2n) is 4.04. The van der Waals surface area contributed by atoms with Crippen molar-refractivity contribution in [2.24, 2.45) is 0 Å². The molecule has 1 aromatic heterocycles. The van der Waals surface area contributed by atoms with Crippen LogP contribution in [0.4, 0.5) is 10.3 Å². The zero-order valence-electron chi connectivity index (χ0n) is 11.5. The fourth-order valence-electron chi connectivity index (χ4n) is 1.66. The second kappa shape index (κ2) is 7.00. The quantitative estimate of drug-likeness (QED) is 0.788. The molecule has 21 heavy (non-hydrogen) atoms. The summed E-state index contributed by atoms with van der Waals surface area (Å²) in [5.74, 6) is 0.271. The number of halogens is 3. The van der Waals surface area contributed by atoms with Crippen LogP contribution in [0.1, 0.15) is 13.8 Å². The van der Waals surface area contributed by atoms with Crippen molar-refractivity contribution in [1.82, 2.24) is 15.0 Å². The average Bonchev–Trinajstić information content (AvgIpc) is 2.44. The van der Waals surface area contributed by atoms with Gasteiger partial charge in [-0.3, -0.25) is 0 Å². The lowest BCUT2D eigenvalue weighted by atomic mass is 10.3. The average molecular weight is 376 g/mol. The van der Waals surface area contributed by atoms with Crippen LogP contribution < -0.4 is 9.64 Å².